The Kier molecular flexibility index (Phi) is 4.18. The van der Waals surface area contributed by atoms with Gasteiger partial charge >= 0.3 is 0 Å². The maximum atomic E-state index is 12.5. The Morgan fingerprint density at radius 1 is 1.33 bits per heavy atom. The SMILES string of the molecule is Cc1cc(Br)c(S(=O)(=O)N2CCCC2N)cc1Br. The average Bonchev–Trinajstić information content (AvgIpc) is 2.70. The molecule has 0 bridgehead atoms. The topological polar surface area (TPSA) is 63.4 Å². The van der Waals surface area contributed by atoms with Gasteiger partial charge in [0.05, 0.1) is 11.1 Å². The minimum Gasteiger partial charge on any atom is -0.315 e. The number of sulfonamides is 1. The number of benzene rings is 1. The monoisotopic (exact) mass is 396 g/mol. The van der Waals surface area contributed by atoms with Crippen LogP contribution in [0.5, 0.6) is 0 Å². The zero-order valence-corrected chi connectivity index (χ0v) is 13.8. The van der Waals surface area contributed by atoms with Crippen molar-refractivity contribution in [1.82, 2.24) is 4.31 Å². The molecule has 0 aromatic heterocycles. The Hall–Kier alpha value is 0.0500. The van der Waals surface area contributed by atoms with E-state index >= 15 is 0 Å². The maximum Gasteiger partial charge on any atom is 0.245 e. The van der Waals surface area contributed by atoms with Crippen molar-refractivity contribution in [2.75, 3.05) is 6.54 Å². The van der Waals surface area contributed by atoms with Crippen LogP contribution in [0.3, 0.4) is 0 Å². The second-order valence-corrected chi connectivity index (χ2v) is 7.92. The van der Waals surface area contributed by atoms with Gasteiger partial charge in [-0.25, -0.2) is 8.42 Å². The van der Waals surface area contributed by atoms with Crippen molar-refractivity contribution in [3.63, 3.8) is 0 Å². The van der Waals surface area contributed by atoms with Gasteiger partial charge in [0.25, 0.3) is 0 Å². The summed E-state index contributed by atoms with van der Waals surface area (Å²) in [6, 6.07) is 3.42. The molecule has 1 aliphatic rings. The molecule has 2 rings (SSSR count). The van der Waals surface area contributed by atoms with Crippen LogP contribution in [0, 0.1) is 6.92 Å². The van der Waals surface area contributed by atoms with E-state index in [0.717, 1.165) is 16.5 Å². The van der Waals surface area contributed by atoms with E-state index in [1.54, 1.807) is 12.1 Å². The molecule has 0 spiro atoms. The lowest BCUT2D eigenvalue weighted by molar-refractivity contribution is 0.395. The highest BCUT2D eigenvalue weighted by Crippen LogP contribution is 2.32. The van der Waals surface area contributed by atoms with Gasteiger partial charge < -0.3 is 5.73 Å². The molecule has 0 radical (unpaired) electrons. The quantitative estimate of drug-likeness (QED) is 0.834. The minimum atomic E-state index is -3.53. The predicted octanol–water partition coefficient (Wildman–Crippen LogP) is 2.59. The summed E-state index contributed by atoms with van der Waals surface area (Å²) in [6.07, 6.45) is 1.11. The van der Waals surface area contributed by atoms with E-state index in [4.69, 9.17) is 5.73 Å². The summed E-state index contributed by atoms with van der Waals surface area (Å²) in [5.41, 5.74) is 6.82. The van der Waals surface area contributed by atoms with Crippen LogP contribution in [-0.4, -0.2) is 25.4 Å². The van der Waals surface area contributed by atoms with Gasteiger partial charge in [0.2, 0.25) is 10.0 Å². The van der Waals surface area contributed by atoms with E-state index in [1.165, 1.54) is 4.31 Å². The van der Waals surface area contributed by atoms with Gasteiger partial charge in [0, 0.05) is 15.5 Å². The largest absolute Gasteiger partial charge is 0.315 e. The first-order valence-corrected chi connectivity index (χ1v) is 8.59. The van der Waals surface area contributed by atoms with Gasteiger partial charge in [-0.05, 0) is 53.4 Å². The molecule has 0 amide bonds. The number of hydrogen-bond acceptors (Lipinski definition) is 3. The Bertz CT molecular complexity index is 575. The van der Waals surface area contributed by atoms with E-state index < -0.39 is 16.2 Å². The number of nitrogens with zero attached hydrogens (tertiary/aromatic N) is 1. The number of nitrogens with two attached hydrogens (primary N) is 1. The summed E-state index contributed by atoms with van der Waals surface area (Å²) in [4.78, 5) is 0.261. The predicted molar refractivity (Wildman–Crippen MR) is 77.7 cm³/mol. The molecule has 1 fully saturated rings. The molecule has 1 unspecified atom stereocenters. The molecule has 1 aromatic carbocycles. The molecule has 7 heteroatoms. The van der Waals surface area contributed by atoms with Crippen molar-refractivity contribution >= 4 is 41.9 Å². The Morgan fingerprint density at radius 2 is 2.00 bits per heavy atom. The first-order valence-electron chi connectivity index (χ1n) is 5.57. The van der Waals surface area contributed by atoms with Crippen molar-refractivity contribution in [2.45, 2.75) is 30.8 Å². The highest BCUT2D eigenvalue weighted by atomic mass is 79.9. The average molecular weight is 398 g/mol. The lowest BCUT2D eigenvalue weighted by Crippen LogP contribution is -2.41. The minimum absolute atomic E-state index is 0.261. The number of rotatable bonds is 2. The number of halogens is 2. The van der Waals surface area contributed by atoms with Crippen LogP contribution >= 0.6 is 31.9 Å². The van der Waals surface area contributed by atoms with Gasteiger partial charge in [-0.1, -0.05) is 15.9 Å². The third-order valence-electron chi connectivity index (χ3n) is 3.05. The Balaban J connectivity index is 2.51. The van der Waals surface area contributed by atoms with E-state index in [2.05, 4.69) is 31.9 Å². The summed E-state index contributed by atoms with van der Waals surface area (Å²) in [5, 5.41) is 0. The van der Waals surface area contributed by atoms with E-state index in [0.29, 0.717) is 17.4 Å². The highest BCUT2D eigenvalue weighted by molar-refractivity contribution is 9.11. The Labute approximate surface area is 124 Å². The van der Waals surface area contributed by atoms with E-state index in [-0.39, 0.29) is 4.90 Å². The normalized spacial score (nSPS) is 21.4. The van der Waals surface area contributed by atoms with Crippen LogP contribution < -0.4 is 5.73 Å². The lowest BCUT2D eigenvalue weighted by atomic mass is 10.2. The smallest absolute Gasteiger partial charge is 0.245 e. The van der Waals surface area contributed by atoms with E-state index in [1.807, 2.05) is 6.92 Å². The van der Waals surface area contributed by atoms with Gasteiger partial charge in [0.1, 0.15) is 0 Å². The van der Waals surface area contributed by atoms with Crippen LogP contribution in [0.25, 0.3) is 0 Å². The van der Waals surface area contributed by atoms with Gasteiger partial charge in [-0.15, -0.1) is 0 Å². The number of hydrogen-bond donors (Lipinski definition) is 1. The summed E-state index contributed by atoms with van der Waals surface area (Å²) < 4.78 is 27.8. The zero-order chi connectivity index (χ0) is 13.5. The fraction of sp³-hybridized carbons (Fsp3) is 0.455. The van der Waals surface area contributed by atoms with Crippen LogP contribution in [0.2, 0.25) is 0 Å². The van der Waals surface area contributed by atoms with Crippen molar-refractivity contribution in [3.8, 4) is 0 Å². The Morgan fingerprint density at radius 3 is 2.56 bits per heavy atom. The molecule has 1 heterocycles. The first kappa shape index (κ1) is 14.5. The molecule has 18 heavy (non-hydrogen) atoms. The van der Waals surface area contributed by atoms with Crippen molar-refractivity contribution in [3.05, 3.63) is 26.6 Å². The maximum absolute atomic E-state index is 12.5. The van der Waals surface area contributed by atoms with Crippen LogP contribution in [-0.2, 0) is 10.0 Å². The third-order valence-corrected chi connectivity index (χ3v) is 6.79. The molecule has 1 aliphatic heterocycles. The summed E-state index contributed by atoms with van der Waals surface area (Å²) >= 11 is 6.68. The van der Waals surface area contributed by atoms with Crippen LogP contribution in [0.4, 0.5) is 0 Å². The molecule has 0 saturated carbocycles. The third kappa shape index (κ3) is 2.51. The standard InChI is InChI=1S/C11H14Br2N2O2S/c1-7-5-9(13)10(6-8(7)12)18(16,17)15-4-2-3-11(15)14/h5-6,11H,2-4,14H2,1H3. The number of aryl methyl sites for hydroxylation is 1. The van der Waals surface area contributed by atoms with Crippen molar-refractivity contribution < 1.29 is 8.42 Å². The molecule has 0 aliphatic carbocycles. The van der Waals surface area contributed by atoms with Crippen molar-refractivity contribution in [2.24, 2.45) is 5.73 Å². The van der Waals surface area contributed by atoms with Crippen molar-refractivity contribution in [1.29, 1.82) is 0 Å². The molecule has 1 saturated heterocycles. The van der Waals surface area contributed by atoms with Crippen LogP contribution in [0.1, 0.15) is 18.4 Å². The van der Waals surface area contributed by atoms with Crippen LogP contribution in [0.15, 0.2) is 26.0 Å². The summed E-state index contributed by atoms with van der Waals surface area (Å²) in [7, 11) is -3.53. The fourth-order valence-corrected chi connectivity index (χ4v) is 5.24. The lowest BCUT2D eigenvalue weighted by Gasteiger charge is -2.21. The fourth-order valence-electron chi connectivity index (χ4n) is 2.02. The van der Waals surface area contributed by atoms with E-state index in [9.17, 15) is 8.42 Å². The second-order valence-electron chi connectivity index (χ2n) is 4.36. The molecule has 2 N–H and O–H groups in total. The van der Waals surface area contributed by atoms with Gasteiger partial charge in [-0.3, -0.25) is 0 Å². The highest BCUT2D eigenvalue weighted by Gasteiger charge is 2.34. The molecule has 1 atom stereocenters. The molecule has 4 nitrogen and oxygen atoms in total. The molecule has 100 valence electrons. The molecular formula is C11H14Br2N2O2S. The summed E-state index contributed by atoms with van der Waals surface area (Å²) in [6.45, 7) is 2.40. The zero-order valence-electron chi connectivity index (χ0n) is 9.86. The molecule has 1 aromatic rings. The first-order chi connectivity index (χ1) is 8.34. The second kappa shape index (κ2) is 5.20. The molecular weight excluding hydrogens is 384 g/mol. The van der Waals surface area contributed by atoms with Gasteiger partial charge in [-0.2, -0.15) is 4.31 Å². The van der Waals surface area contributed by atoms with Gasteiger partial charge in [0.15, 0.2) is 0 Å². The summed E-state index contributed by atoms with van der Waals surface area (Å²) in [5.74, 6) is 0.